The van der Waals surface area contributed by atoms with Gasteiger partial charge in [-0.1, -0.05) is 28.4 Å². The summed E-state index contributed by atoms with van der Waals surface area (Å²) in [7, 11) is 0. The van der Waals surface area contributed by atoms with Gasteiger partial charge in [0.05, 0.1) is 16.3 Å². The molecule has 0 aliphatic heterocycles. The number of nitrogens with zero attached hydrogens (tertiary/aromatic N) is 1. The van der Waals surface area contributed by atoms with Crippen molar-refractivity contribution < 1.29 is 14.1 Å². The molecule has 0 amide bonds. The number of carbonyl (C=O) groups is 1. The summed E-state index contributed by atoms with van der Waals surface area (Å²) in [6.45, 7) is 1.80. The van der Waals surface area contributed by atoms with Gasteiger partial charge in [0, 0.05) is 14.7 Å². The van der Waals surface area contributed by atoms with E-state index in [-0.39, 0.29) is 6.61 Å². The van der Waals surface area contributed by atoms with Crippen molar-refractivity contribution in [3.8, 4) is 0 Å². The molecule has 0 unspecified atom stereocenters. The Hall–Kier alpha value is -0.790. The van der Waals surface area contributed by atoms with Crippen LogP contribution in [0.15, 0.2) is 22.7 Å². The largest absolute Gasteiger partial charge is 0.454 e. The second-order valence-electron chi connectivity index (χ2n) is 3.76. The normalized spacial score (nSPS) is 10.5. The summed E-state index contributed by atoms with van der Waals surface area (Å²) >= 11 is 13.8. The standard InChI is InChI=1S/C12H8Cl2INO3/c1-6-2-8(19-16-6)5-18-12(17)9-3-7(13)4-10(14)11(9)15/h2-4H,5H2,1H3. The quantitative estimate of drug-likeness (QED) is 0.430. The van der Waals surface area contributed by atoms with E-state index in [0.29, 0.717) is 24.9 Å². The number of aromatic nitrogens is 1. The maximum absolute atomic E-state index is 11.9. The van der Waals surface area contributed by atoms with Crippen molar-refractivity contribution in [2.24, 2.45) is 0 Å². The molecular weight excluding hydrogens is 404 g/mol. The van der Waals surface area contributed by atoms with Gasteiger partial charge in [-0.25, -0.2) is 4.79 Å². The van der Waals surface area contributed by atoms with E-state index in [1.165, 1.54) is 6.07 Å². The van der Waals surface area contributed by atoms with Crippen molar-refractivity contribution in [1.82, 2.24) is 5.16 Å². The fourth-order valence-corrected chi connectivity index (χ4v) is 2.43. The molecule has 0 bridgehead atoms. The molecular formula is C12H8Cl2INO3. The van der Waals surface area contributed by atoms with Gasteiger partial charge in [0.2, 0.25) is 0 Å². The molecule has 1 aromatic carbocycles. The minimum absolute atomic E-state index is 0.0138. The van der Waals surface area contributed by atoms with E-state index >= 15 is 0 Å². The van der Waals surface area contributed by atoms with Gasteiger partial charge in [0.15, 0.2) is 12.4 Å². The zero-order valence-corrected chi connectivity index (χ0v) is 13.4. The second kappa shape index (κ2) is 6.11. The van der Waals surface area contributed by atoms with Crippen molar-refractivity contribution >= 4 is 51.8 Å². The molecule has 2 rings (SSSR count). The summed E-state index contributed by atoms with van der Waals surface area (Å²) in [5.41, 5.74) is 1.06. The monoisotopic (exact) mass is 411 g/mol. The molecule has 1 heterocycles. The lowest BCUT2D eigenvalue weighted by Crippen LogP contribution is -2.07. The summed E-state index contributed by atoms with van der Waals surface area (Å²) in [4.78, 5) is 11.9. The molecule has 0 aliphatic rings. The molecule has 100 valence electrons. The van der Waals surface area contributed by atoms with Crippen molar-refractivity contribution in [2.45, 2.75) is 13.5 Å². The SMILES string of the molecule is Cc1cc(COC(=O)c2cc(Cl)cc(Cl)c2I)on1. The smallest absolute Gasteiger partial charge is 0.339 e. The van der Waals surface area contributed by atoms with Gasteiger partial charge in [-0.2, -0.15) is 0 Å². The zero-order chi connectivity index (χ0) is 14.0. The number of ether oxygens (including phenoxy) is 1. The number of esters is 1. The van der Waals surface area contributed by atoms with E-state index in [1.807, 2.05) is 22.6 Å². The summed E-state index contributed by atoms with van der Waals surface area (Å²) in [6, 6.07) is 4.79. The van der Waals surface area contributed by atoms with Crippen LogP contribution < -0.4 is 0 Å². The Morgan fingerprint density at radius 3 is 2.79 bits per heavy atom. The van der Waals surface area contributed by atoms with E-state index < -0.39 is 5.97 Å². The fraction of sp³-hybridized carbons (Fsp3) is 0.167. The number of halogens is 3. The molecule has 0 fully saturated rings. The molecule has 0 saturated heterocycles. The Bertz CT molecular complexity index is 627. The fourth-order valence-electron chi connectivity index (χ4n) is 1.40. The molecule has 0 N–H and O–H groups in total. The summed E-state index contributed by atoms with van der Waals surface area (Å²) in [5.74, 6) is -0.0307. The Balaban J connectivity index is 2.12. The van der Waals surface area contributed by atoms with Crippen molar-refractivity contribution in [3.63, 3.8) is 0 Å². The second-order valence-corrected chi connectivity index (χ2v) is 5.68. The van der Waals surface area contributed by atoms with Crippen LogP contribution in [0.1, 0.15) is 21.8 Å². The highest BCUT2D eigenvalue weighted by Crippen LogP contribution is 2.27. The first-order valence-corrected chi connectivity index (χ1v) is 7.04. The molecule has 0 saturated carbocycles. The summed E-state index contributed by atoms with van der Waals surface area (Å²) < 4.78 is 10.7. The molecule has 0 atom stereocenters. The van der Waals surface area contributed by atoms with Crippen molar-refractivity contribution in [3.05, 3.63) is 48.8 Å². The number of carbonyl (C=O) groups excluding carboxylic acids is 1. The molecule has 7 heteroatoms. The Kier molecular flexibility index (Phi) is 4.70. The average molecular weight is 412 g/mol. The van der Waals surface area contributed by atoms with Crippen LogP contribution in [-0.2, 0) is 11.3 Å². The highest BCUT2D eigenvalue weighted by atomic mass is 127. The number of benzene rings is 1. The molecule has 0 radical (unpaired) electrons. The van der Waals surface area contributed by atoms with E-state index in [4.69, 9.17) is 32.5 Å². The lowest BCUT2D eigenvalue weighted by molar-refractivity contribution is 0.0436. The lowest BCUT2D eigenvalue weighted by Gasteiger charge is -2.06. The van der Waals surface area contributed by atoms with Crippen molar-refractivity contribution in [1.29, 1.82) is 0 Å². The van der Waals surface area contributed by atoms with E-state index in [0.717, 1.165) is 5.69 Å². The van der Waals surface area contributed by atoms with Crippen LogP contribution in [0.4, 0.5) is 0 Å². The Morgan fingerprint density at radius 1 is 1.42 bits per heavy atom. The first-order chi connectivity index (χ1) is 8.97. The minimum Gasteiger partial charge on any atom is -0.454 e. The van der Waals surface area contributed by atoms with Gasteiger partial charge >= 0.3 is 5.97 Å². The predicted octanol–water partition coefficient (Wildman–Crippen LogP) is 4.25. The van der Waals surface area contributed by atoms with Crippen LogP contribution >= 0.6 is 45.8 Å². The van der Waals surface area contributed by atoms with Crippen LogP contribution in [-0.4, -0.2) is 11.1 Å². The number of rotatable bonds is 3. The minimum atomic E-state index is -0.511. The highest BCUT2D eigenvalue weighted by Gasteiger charge is 2.16. The molecule has 19 heavy (non-hydrogen) atoms. The van der Waals surface area contributed by atoms with Crippen molar-refractivity contribution in [2.75, 3.05) is 0 Å². The third-order valence-electron chi connectivity index (χ3n) is 2.24. The summed E-state index contributed by atoms with van der Waals surface area (Å²) in [6.07, 6.45) is 0. The molecule has 0 aliphatic carbocycles. The van der Waals surface area contributed by atoms with Crippen LogP contribution in [0.25, 0.3) is 0 Å². The maximum atomic E-state index is 11.9. The van der Waals surface area contributed by atoms with E-state index in [9.17, 15) is 4.79 Å². The van der Waals surface area contributed by atoms with Crippen LogP contribution in [0.5, 0.6) is 0 Å². The average Bonchev–Trinajstić information content (AvgIpc) is 2.76. The van der Waals surface area contributed by atoms with E-state index in [2.05, 4.69) is 5.16 Å². The Labute approximate surface area is 133 Å². The molecule has 4 nitrogen and oxygen atoms in total. The topological polar surface area (TPSA) is 52.3 Å². The highest BCUT2D eigenvalue weighted by molar-refractivity contribution is 14.1. The van der Waals surface area contributed by atoms with Crippen LogP contribution in [0.2, 0.25) is 10.0 Å². The molecule has 2 aromatic rings. The third-order valence-corrected chi connectivity index (χ3v) is 4.23. The van der Waals surface area contributed by atoms with Gasteiger partial charge in [-0.05, 0) is 41.6 Å². The first-order valence-electron chi connectivity index (χ1n) is 5.21. The van der Waals surface area contributed by atoms with Gasteiger partial charge < -0.3 is 9.26 Å². The molecule has 1 aromatic heterocycles. The van der Waals surface area contributed by atoms with Crippen LogP contribution in [0.3, 0.4) is 0 Å². The zero-order valence-electron chi connectivity index (χ0n) is 9.75. The van der Waals surface area contributed by atoms with Crippen LogP contribution in [0, 0.1) is 10.5 Å². The number of aryl methyl sites for hydroxylation is 1. The third kappa shape index (κ3) is 3.61. The maximum Gasteiger partial charge on any atom is 0.339 e. The Morgan fingerprint density at radius 2 is 2.16 bits per heavy atom. The number of hydrogen-bond acceptors (Lipinski definition) is 4. The lowest BCUT2D eigenvalue weighted by atomic mass is 10.2. The molecule has 0 spiro atoms. The summed E-state index contributed by atoms with van der Waals surface area (Å²) in [5, 5.41) is 4.50. The van der Waals surface area contributed by atoms with E-state index in [1.54, 1.807) is 19.1 Å². The first kappa shape index (κ1) is 14.6. The van der Waals surface area contributed by atoms with Gasteiger partial charge in [0.25, 0.3) is 0 Å². The van der Waals surface area contributed by atoms with Gasteiger partial charge in [0.1, 0.15) is 0 Å². The van der Waals surface area contributed by atoms with Gasteiger partial charge in [-0.15, -0.1) is 0 Å². The number of hydrogen-bond donors (Lipinski definition) is 0. The van der Waals surface area contributed by atoms with Gasteiger partial charge in [-0.3, -0.25) is 0 Å². The predicted molar refractivity (Wildman–Crippen MR) is 79.5 cm³/mol.